The molecule has 0 atom stereocenters. The molecule has 0 saturated heterocycles. The lowest BCUT2D eigenvalue weighted by atomic mass is 10.1. The Morgan fingerprint density at radius 1 is 1.17 bits per heavy atom. The van der Waals surface area contributed by atoms with Crippen LogP contribution < -0.4 is 15.2 Å². The Bertz CT molecular complexity index is 367. The molecule has 0 aliphatic rings. The number of rotatable bonds is 8. The lowest BCUT2D eigenvalue weighted by Crippen LogP contribution is -2.08. The smallest absolute Gasteiger partial charge is 0.216 e. The molecule has 1 heterocycles. The standard InChI is InChI=1S/C14H24N2O2/c1-4-5-6-7-11-10-13(17-2)12(8-9-15)16-14(11)18-3/h10H,4-9,15H2,1-3H3. The van der Waals surface area contributed by atoms with Gasteiger partial charge in [-0.1, -0.05) is 19.8 Å². The minimum absolute atomic E-state index is 0.557. The lowest BCUT2D eigenvalue weighted by molar-refractivity contribution is 0.376. The molecule has 4 nitrogen and oxygen atoms in total. The fraction of sp³-hybridized carbons (Fsp3) is 0.643. The summed E-state index contributed by atoms with van der Waals surface area (Å²) in [6, 6.07) is 2.03. The van der Waals surface area contributed by atoms with Gasteiger partial charge in [-0.3, -0.25) is 0 Å². The molecule has 0 amide bonds. The summed E-state index contributed by atoms with van der Waals surface area (Å²) in [6.07, 6.45) is 5.25. The molecule has 0 saturated carbocycles. The Balaban J connectivity index is 2.94. The molecule has 1 aromatic rings. The maximum Gasteiger partial charge on any atom is 0.216 e. The van der Waals surface area contributed by atoms with Crippen LogP contribution in [0.15, 0.2) is 6.07 Å². The fourth-order valence-electron chi connectivity index (χ4n) is 1.97. The number of hydrogen-bond acceptors (Lipinski definition) is 4. The van der Waals surface area contributed by atoms with Crippen molar-refractivity contribution in [3.8, 4) is 11.6 Å². The molecule has 4 heteroatoms. The van der Waals surface area contributed by atoms with Gasteiger partial charge in [0.15, 0.2) is 0 Å². The van der Waals surface area contributed by atoms with Crippen LogP contribution in [0, 0.1) is 0 Å². The van der Waals surface area contributed by atoms with Gasteiger partial charge in [-0.15, -0.1) is 0 Å². The SMILES string of the molecule is CCCCCc1cc(OC)c(CCN)nc1OC. The summed E-state index contributed by atoms with van der Waals surface area (Å²) < 4.78 is 10.7. The number of nitrogens with two attached hydrogens (primary N) is 1. The Labute approximate surface area is 110 Å². The molecule has 18 heavy (non-hydrogen) atoms. The van der Waals surface area contributed by atoms with E-state index in [2.05, 4.69) is 11.9 Å². The number of unbranched alkanes of at least 4 members (excludes halogenated alkanes) is 2. The quantitative estimate of drug-likeness (QED) is 0.721. The predicted molar refractivity (Wildman–Crippen MR) is 73.3 cm³/mol. The van der Waals surface area contributed by atoms with Crippen LogP contribution in [0.2, 0.25) is 0 Å². The molecule has 102 valence electrons. The maximum absolute atomic E-state index is 5.58. The number of aryl methyl sites for hydroxylation is 1. The third-order valence-corrected chi connectivity index (χ3v) is 2.95. The summed E-state index contributed by atoms with van der Waals surface area (Å²) >= 11 is 0. The van der Waals surface area contributed by atoms with E-state index in [0.29, 0.717) is 18.8 Å². The average Bonchev–Trinajstić information content (AvgIpc) is 2.40. The van der Waals surface area contributed by atoms with Gasteiger partial charge in [0, 0.05) is 12.0 Å². The fourth-order valence-corrected chi connectivity index (χ4v) is 1.97. The topological polar surface area (TPSA) is 57.4 Å². The lowest BCUT2D eigenvalue weighted by Gasteiger charge is -2.13. The Kier molecular flexibility index (Phi) is 6.50. The molecule has 2 N–H and O–H groups in total. The highest BCUT2D eigenvalue weighted by molar-refractivity contribution is 5.39. The number of aromatic nitrogens is 1. The Morgan fingerprint density at radius 3 is 2.50 bits per heavy atom. The Morgan fingerprint density at radius 2 is 1.94 bits per heavy atom. The largest absolute Gasteiger partial charge is 0.495 e. The second-order valence-corrected chi connectivity index (χ2v) is 4.30. The van der Waals surface area contributed by atoms with E-state index < -0.39 is 0 Å². The molecule has 0 aromatic carbocycles. The molecule has 0 bridgehead atoms. The van der Waals surface area contributed by atoms with Crippen molar-refractivity contribution in [1.82, 2.24) is 4.98 Å². The first-order valence-electron chi connectivity index (χ1n) is 6.57. The van der Waals surface area contributed by atoms with Crippen LogP contribution in [0.3, 0.4) is 0 Å². The second-order valence-electron chi connectivity index (χ2n) is 4.30. The van der Waals surface area contributed by atoms with Crippen LogP contribution in [0.5, 0.6) is 11.6 Å². The summed E-state index contributed by atoms with van der Waals surface area (Å²) in [4.78, 5) is 4.50. The molecule has 0 aliphatic heterocycles. The van der Waals surface area contributed by atoms with Gasteiger partial charge in [0.1, 0.15) is 5.75 Å². The van der Waals surface area contributed by atoms with Gasteiger partial charge in [0.05, 0.1) is 19.9 Å². The number of nitrogens with zero attached hydrogens (tertiary/aromatic N) is 1. The van der Waals surface area contributed by atoms with Crippen molar-refractivity contribution in [2.45, 2.75) is 39.0 Å². The first-order valence-corrected chi connectivity index (χ1v) is 6.57. The van der Waals surface area contributed by atoms with Crippen LogP contribution in [0.4, 0.5) is 0 Å². The van der Waals surface area contributed by atoms with E-state index >= 15 is 0 Å². The van der Waals surface area contributed by atoms with Crippen LogP contribution in [0.1, 0.15) is 37.4 Å². The summed E-state index contributed by atoms with van der Waals surface area (Å²) in [5.74, 6) is 1.52. The molecular weight excluding hydrogens is 228 g/mol. The van der Waals surface area contributed by atoms with Gasteiger partial charge in [0.25, 0.3) is 0 Å². The normalized spacial score (nSPS) is 10.4. The van der Waals surface area contributed by atoms with E-state index in [-0.39, 0.29) is 0 Å². The summed E-state index contributed by atoms with van der Waals surface area (Å²) in [6.45, 7) is 2.75. The van der Waals surface area contributed by atoms with E-state index in [9.17, 15) is 0 Å². The maximum atomic E-state index is 5.58. The Hall–Kier alpha value is -1.29. The minimum atomic E-state index is 0.557. The molecule has 0 spiro atoms. The minimum Gasteiger partial charge on any atom is -0.495 e. The van der Waals surface area contributed by atoms with E-state index in [0.717, 1.165) is 29.8 Å². The number of methoxy groups -OCH3 is 2. The molecule has 0 aliphatic carbocycles. The zero-order valence-electron chi connectivity index (χ0n) is 11.7. The van der Waals surface area contributed by atoms with Crippen molar-refractivity contribution < 1.29 is 9.47 Å². The van der Waals surface area contributed by atoms with Crippen molar-refractivity contribution in [3.63, 3.8) is 0 Å². The van der Waals surface area contributed by atoms with Gasteiger partial charge in [-0.2, -0.15) is 0 Å². The third-order valence-electron chi connectivity index (χ3n) is 2.95. The highest BCUT2D eigenvalue weighted by atomic mass is 16.5. The van der Waals surface area contributed by atoms with Crippen molar-refractivity contribution in [1.29, 1.82) is 0 Å². The molecule has 1 rings (SSSR count). The van der Waals surface area contributed by atoms with Gasteiger partial charge < -0.3 is 15.2 Å². The zero-order chi connectivity index (χ0) is 13.4. The predicted octanol–water partition coefficient (Wildman–Crippen LogP) is 2.33. The van der Waals surface area contributed by atoms with E-state index in [1.54, 1.807) is 14.2 Å². The monoisotopic (exact) mass is 252 g/mol. The molecular formula is C14H24N2O2. The van der Waals surface area contributed by atoms with Crippen molar-refractivity contribution in [2.75, 3.05) is 20.8 Å². The number of hydrogen-bond donors (Lipinski definition) is 1. The van der Waals surface area contributed by atoms with Crippen molar-refractivity contribution >= 4 is 0 Å². The van der Waals surface area contributed by atoms with Crippen molar-refractivity contribution in [2.24, 2.45) is 5.73 Å². The molecule has 0 unspecified atom stereocenters. The number of pyridine rings is 1. The average molecular weight is 252 g/mol. The van der Waals surface area contributed by atoms with Crippen LogP contribution in [-0.2, 0) is 12.8 Å². The van der Waals surface area contributed by atoms with E-state index in [4.69, 9.17) is 15.2 Å². The first kappa shape index (κ1) is 14.8. The van der Waals surface area contributed by atoms with Crippen LogP contribution in [-0.4, -0.2) is 25.7 Å². The van der Waals surface area contributed by atoms with Gasteiger partial charge in [-0.25, -0.2) is 4.98 Å². The second kappa shape index (κ2) is 7.93. The number of ether oxygens (including phenoxy) is 2. The molecule has 1 aromatic heterocycles. The van der Waals surface area contributed by atoms with Gasteiger partial charge in [-0.05, 0) is 25.5 Å². The zero-order valence-corrected chi connectivity index (χ0v) is 11.7. The van der Waals surface area contributed by atoms with Crippen LogP contribution in [0.25, 0.3) is 0 Å². The summed E-state index contributed by atoms with van der Waals surface area (Å²) in [5.41, 5.74) is 7.56. The van der Waals surface area contributed by atoms with Gasteiger partial charge in [0.2, 0.25) is 5.88 Å². The van der Waals surface area contributed by atoms with Gasteiger partial charge >= 0.3 is 0 Å². The van der Waals surface area contributed by atoms with Crippen molar-refractivity contribution in [3.05, 3.63) is 17.3 Å². The first-order chi connectivity index (χ1) is 8.76. The van der Waals surface area contributed by atoms with E-state index in [1.165, 1.54) is 12.8 Å². The highest BCUT2D eigenvalue weighted by Crippen LogP contribution is 2.26. The van der Waals surface area contributed by atoms with E-state index in [1.807, 2.05) is 6.07 Å². The molecule has 0 radical (unpaired) electrons. The highest BCUT2D eigenvalue weighted by Gasteiger charge is 2.12. The molecule has 0 fully saturated rings. The third kappa shape index (κ3) is 3.88. The summed E-state index contributed by atoms with van der Waals surface area (Å²) in [7, 11) is 3.32. The summed E-state index contributed by atoms with van der Waals surface area (Å²) in [5, 5.41) is 0. The van der Waals surface area contributed by atoms with Crippen LogP contribution >= 0.6 is 0 Å².